The van der Waals surface area contributed by atoms with Gasteiger partial charge < -0.3 is 20.1 Å². The highest BCUT2D eigenvalue weighted by atomic mass is 16.5. The van der Waals surface area contributed by atoms with Crippen LogP contribution in [-0.4, -0.2) is 53.8 Å². The molecule has 0 radical (unpaired) electrons. The van der Waals surface area contributed by atoms with Gasteiger partial charge in [0, 0.05) is 19.2 Å². The number of amides is 2. The van der Waals surface area contributed by atoms with Gasteiger partial charge in [-0.1, -0.05) is 0 Å². The van der Waals surface area contributed by atoms with Crippen molar-refractivity contribution in [1.29, 1.82) is 0 Å². The Morgan fingerprint density at radius 3 is 2.55 bits per heavy atom. The number of aliphatic carboxylic acids is 1. The number of urea groups is 1. The normalized spacial score (nSPS) is 29.1. The Morgan fingerprint density at radius 2 is 1.91 bits per heavy atom. The van der Waals surface area contributed by atoms with Crippen molar-refractivity contribution >= 4 is 12.0 Å². The second kappa shape index (κ2) is 8.36. The van der Waals surface area contributed by atoms with Gasteiger partial charge >= 0.3 is 12.0 Å². The fraction of sp³-hybridized carbons (Fsp3) is 0.875. The van der Waals surface area contributed by atoms with E-state index in [2.05, 4.69) is 5.32 Å². The minimum absolute atomic E-state index is 0.0109. The second-order valence-electron chi connectivity index (χ2n) is 6.34. The van der Waals surface area contributed by atoms with E-state index < -0.39 is 5.97 Å². The third-order valence-corrected chi connectivity index (χ3v) is 4.81. The molecule has 0 spiro atoms. The van der Waals surface area contributed by atoms with E-state index in [1.807, 2.05) is 11.8 Å². The first kappa shape index (κ1) is 17.1. The predicted octanol–water partition coefficient (Wildman–Crippen LogP) is 2.23. The summed E-state index contributed by atoms with van der Waals surface area (Å²) in [6.45, 7) is 4.03. The standard InChI is InChI=1S/C16H28N2O4/c1-2-22-11-14-5-3-4-10-18(14)16(21)17-13-8-6-12(7-9-13)15(19)20/h12-14H,2-11H2,1H3,(H,17,21)(H,19,20). The number of hydrogen-bond acceptors (Lipinski definition) is 3. The van der Waals surface area contributed by atoms with Crippen molar-refractivity contribution in [2.75, 3.05) is 19.8 Å². The Morgan fingerprint density at radius 1 is 1.18 bits per heavy atom. The van der Waals surface area contributed by atoms with Crippen LogP contribution in [0.5, 0.6) is 0 Å². The minimum Gasteiger partial charge on any atom is -0.481 e. The number of carbonyl (C=O) groups excluding carboxylic acids is 1. The van der Waals surface area contributed by atoms with Gasteiger partial charge in [0.15, 0.2) is 0 Å². The molecule has 1 saturated carbocycles. The van der Waals surface area contributed by atoms with Crippen LogP contribution in [0.4, 0.5) is 4.79 Å². The van der Waals surface area contributed by atoms with Gasteiger partial charge in [-0.15, -0.1) is 0 Å². The molecule has 126 valence electrons. The maximum atomic E-state index is 12.5. The Bertz CT molecular complexity index is 380. The first-order chi connectivity index (χ1) is 10.6. The van der Waals surface area contributed by atoms with E-state index in [1.54, 1.807) is 0 Å². The van der Waals surface area contributed by atoms with Crippen molar-refractivity contribution in [2.24, 2.45) is 5.92 Å². The lowest BCUT2D eigenvalue weighted by molar-refractivity contribution is -0.142. The summed E-state index contributed by atoms with van der Waals surface area (Å²) >= 11 is 0. The van der Waals surface area contributed by atoms with Crippen LogP contribution >= 0.6 is 0 Å². The van der Waals surface area contributed by atoms with Gasteiger partial charge in [0.2, 0.25) is 0 Å². The highest BCUT2D eigenvalue weighted by molar-refractivity contribution is 5.75. The molecular weight excluding hydrogens is 284 g/mol. The summed E-state index contributed by atoms with van der Waals surface area (Å²) in [4.78, 5) is 25.4. The number of carboxylic acid groups (broad SMARTS) is 1. The van der Waals surface area contributed by atoms with Gasteiger partial charge in [0.05, 0.1) is 18.6 Å². The average Bonchev–Trinajstić information content (AvgIpc) is 2.53. The van der Waals surface area contributed by atoms with Crippen LogP contribution < -0.4 is 5.32 Å². The predicted molar refractivity (Wildman–Crippen MR) is 82.8 cm³/mol. The van der Waals surface area contributed by atoms with Gasteiger partial charge in [-0.25, -0.2) is 4.79 Å². The molecule has 2 N–H and O–H groups in total. The fourth-order valence-corrected chi connectivity index (χ4v) is 3.44. The average molecular weight is 312 g/mol. The molecule has 2 fully saturated rings. The lowest BCUT2D eigenvalue weighted by Crippen LogP contribution is -2.53. The Balaban J connectivity index is 1.81. The zero-order valence-electron chi connectivity index (χ0n) is 13.4. The fourth-order valence-electron chi connectivity index (χ4n) is 3.44. The van der Waals surface area contributed by atoms with Crippen LogP contribution in [0.15, 0.2) is 0 Å². The molecule has 2 aliphatic rings. The first-order valence-electron chi connectivity index (χ1n) is 8.49. The summed E-state index contributed by atoms with van der Waals surface area (Å²) in [5.74, 6) is -0.952. The maximum Gasteiger partial charge on any atom is 0.317 e. The van der Waals surface area contributed by atoms with Crippen LogP contribution in [0.25, 0.3) is 0 Å². The van der Waals surface area contributed by atoms with Crippen molar-refractivity contribution in [2.45, 2.75) is 64.0 Å². The number of nitrogens with one attached hydrogen (secondary N) is 1. The Labute approximate surface area is 132 Å². The molecule has 0 bridgehead atoms. The zero-order chi connectivity index (χ0) is 15.9. The van der Waals surface area contributed by atoms with E-state index in [9.17, 15) is 9.59 Å². The highest BCUT2D eigenvalue weighted by Gasteiger charge is 2.30. The van der Waals surface area contributed by atoms with Gasteiger partial charge in [-0.05, 0) is 51.9 Å². The van der Waals surface area contributed by atoms with Crippen LogP contribution in [0.2, 0.25) is 0 Å². The van der Waals surface area contributed by atoms with E-state index in [4.69, 9.17) is 9.84 Å². The lowest BCUT2D eigenvalue weighted by atomic mass is 9.86. The molecule has 0 aromatic heterocycles. The summed E-state index contributed by atoms with van der Waals surface area (Å²) in [5.41, 5.74) is 0. The molecule has 2 amide bonds. The molecule has 22 heavy (non-hydrogen) atoms. The molecule has 1 atom stereocenters. The van der Waals surface area contributed by atoms with E-state index in [0.717, 1.165) is 38.6 Å². The summed E-state index contributed by atoms with van der Waals surface area (Å²) in [6.07, 6.45) is 6.01. The summed E-state index contributed by atoms with van der Waals surface area (Å²) < 4.78 is 5.50. The smallest absolute Gasteiger partial charge is 0.317 e. The van der Waals surface area contributed by atoms with Gasteiger partial charge in [0.1, 0.15) is 0 Å². The number of rotatable bonds is 5. The quantitative estimate of drug-likeness (QED) is 0.816. The number of piperidine rings is 1. The van der Waals surface area contributed by atoms with Crippen LogP contribution in [0.1, 0.15) is 51.9 Å². The van der Waals surface area contributed by atoms with E-state index in [1.165, 1.54) is 0 Å². The van der Waals surface area contributed by atoms with E-state index in [-0.39, 0.29) is 24.0 Å². The molecule has 2 rings (SSSR count). The molecule has 1 aliphatic carbocycles. The molecule has 1 unspecified atom stereocenters. The topological polar surface area (TPSA) is 78.9 Å². The Hall–Kier alpha value is -1.30. The van der Waals surface area contributed by atoms with Crippen molar-refractivity contribution in [1.82, 2.24) is 10.2 Å². The third-order valence-electron chi connectivity index (χ3n) is 4.81. The maximum absolute atomic E-state index is 12.5. The van der Waals surface area contributed by atoms with Crippen LogP contribution in [-0.2, 0) is 9.53 Å². The number of hydrogen-bond donors (Lipinski definition) is 2. The molecule has 6 heteroatoms. The van der Waals surface area contributed by atoms with Gasteiger partial charge in [-0.3, -0.25) is 4.79 Å². The van der Waals surface area contributed by atoms with E-state index >= 15 is 0 Å². The minimum atomic E-state index is -0.711. The van der Waals surface area contributed by atoms with Gasteiger partial charge in [-0.2, -0.15) is 0 Å². The van der Waals surface area contributed by atoms with Crippen LogP contribution in [0.3, 0.4) is 0 Å². The van der Waals surface area contributed by atoms with Gasteiger partial charge in [0.25, 0.3) is 0 Å². The van der Waals surface area contributed by atoms with E-state index in [0.29, 0.717) is 26.1 Å². The van der Waals surface area contributed by atoms with Crippen LogP contribution in [0, 0.1) is 5.92 Å². The monoisotopic (exact) mass is 312 g/mol. The third kappa shape index (κ3) is 4.60. The first-order valence-corrected chi connectivity index (χ1v) is 8.49. The second-order valence-corrected chi connectivity index (χ2v) is 6.34. The molecular formula is C16H28N2O4. The summed E-state index contributed by atoms with van der Waals surface area (Å²) in [6, 6.07) is 0.269. The molecule has 1 heterocycles. The molecule has 0 aromatic rings. The molecule has 6 nitrogen and oxygen atoms in total. The van der Waals surface area contributed by atoms with Crippen molar-refractivity contribution in [3.8, 4) is 0 Å². The SMILES string of the molecule is CCOCC1CCCCN1C(=O)NC1CCC(C(=O)O)CC1. The number of likely N-dealkylation sites (tertiary alicyclic amines) is 1. The Kier molecular flexibility index (Phi) is 6.49. The van der Waals surface area contributed by atoms with Crippen molar-refractivity contribution in [3.05, 3.63) is 0 Å². The number of nitrogens with zero attached hydrogens (tertiary/aromatic N) is 1. The largest absolute Gasteiger partial charge is 0.481 e. The zero-order valence-corrected chi connectivity index (χ0v) is 13.4. The van der Waals surface area contributed by atoms with Crippen molar-refractivity contribution in [3.63, 3.8) is 0 Å². The molecule has 1 saturated heterocycles. The summed E-state index contributed by atoms with van der Waals surface area (Å²) in [7, 11) is 0. The lowest BCUT2D eigenvalue weighted by Gasteiger charge is -2.37. The molecule has 1 aliphatic heterocycles. The number of carbonyl (C=O) groups is 2. The number of carboxylic acids is 1. The molecule has 0 aromatic carbocycles. The summed E-state index contributed by atoms with van der Waals surface area (Å²) in [5, 5.41) is 12.1. The number of ether oxygens (including phenoxy) is 1. The van der Waals surface area contributed by atoms with Crippen molar-refractivity contribution < 1.29 is 19.4 Å². The highest BCUT2D eigenvalue weighted by Crippen LogP contribution is 2.25.